The fourth-order valence-electron chi connectivity index (χ4n) is 1.77. The Morgan fingerprint density at radius 3 is 2.65 bits per heavy atom. The Morgan fingerprint density at radius 1 is 1.20 bits per heavy atom. The molecule has 2 aromatic carbocycles. The van der Waals surface area contributed by atoms with Crippen LogP contribution < -0.4 is 5.32 Å². The maximum absolute atomic E-state index is 6.37. The van der Waals surface area contributed by atoms with Crippen molar-refractivity contribution in [3.63, 3.8) is 0 Å². The molecule has 0 amide bonds. The highest BCUT2D eigenvalue weighted by molar-refractivity contribution is 9.10. The second-order valence-corrected chi connectivity index (χ2v) is 7.23. The van der Waals surface area contributed by atoms with Gasteiger partial charge in [0.15, 0.2) is 0 Å². The monoisotopic (exact) mass is 369 g/mol. The van der Waals surface area contributed by atoms with Crippen molar-refractivity contribution in [1.82, 2.24) is 5.32 Å². The molecule has 0 atom stereocenters. The Kier molecular flexibility index (Phi) is 5.97. The van der Waals surface area contributed by atoms with Crippen LogP contribution in [0.15, 0.2) is 56.7 Å². The number of hydrogen-bond donors (Lipinski definition) is 1. The zero-order chi connectivity index (χ0) is 14.5. The van der Waals surface area contributed by atoms with E-state index in [1.165, 1.54) is 10.5 Å². The maximum atomic E-state index is 6.37. The summed E-state index contributed by atoms with van der Waals surface area (Å²) in [6, 6.07) is 14.8. The zero-order valence-corrected chi connectivity index (χ0v) is 14.6. The van der Waals surface area contributed by atoms with E-state index in [9.17, 15) is 0 Å². The Labute approximate surface area is 138 Å². The summed E-state index contributed by atoms with van der Waals surface area (Å²) in [5.41, 5.74) is 1.23. The molecule has 0 aliphatic carbocycles. The average Bonchev–Trinajstić information content (AvgIpc) is 2.39. The standard InChI is InChI=1S/C16H17BrClNS/c1-11(2)19-10-12-5-3-8-15(18)16(12)20-14-7-4-6-13(17)9-14/h3-9,11,19H,10H2,1-2H3. The maximum Gasteiger partial charge on any atom is 0.0548 e. The molecule has 4 heteroatoms. The van der Waals surface area contributed by atoms with Gasteiger partial charge in [0, 0.05) is 26.9 Å². The molecule has 0 unspecified atom stereocenters. The van der Waals surface area contributed by atoms with E-state index in [0.717, 1.165) is 20.9 Å². The van der Waals surface area contributed by atoms with Gasteiger partial charge in [0.25, 0.3) is 0 Å². The Bertz CT molecular complexity index is 586. The number of halogens is 2. The highest BCUT2D eigenvalue weighted by Gasteiger charge is 2.09. The van der Waals surface area contributed by atoms with Gasteiger partial charge < -0.3 is 5.32 Å². The van der Waals surface area contributed by atoms with E-state index in [0.29, 0.717) is 6.04 Å². The molecule has 20 heavy (non-hydrogen) atoms. The van der Waals surface area contributed by atoms with Crippen LogP contribution in [0.3, 0.4) is 0 Å². The molecule has 1 N–H and O–H groups in total. The van der Waals surface area contributed by atoms with Gasteiger partial charge in [-0.1, -0.05) is 71.3 Å². The Hall–Kier alpha value is -0.480. The average molecular weight is 371 g/mol. The predicted molar refractivity (Wildman–Crippen MR) is 91.7 cm³/mol. The number of benzene rings is 2. The van der Waals surface area contributed by atoms with E-state index in [1.54, 1.807) is 11.8 Å². The van der Waals surface area contributed by atoms with Gasteiger partial charge in [0.1, 0.15) is 0 Å². The van der Waals surface area contributed by atoms with Crippen molar-refractivity contribution >= 4 is 39.3 Å². The van der Waals surface area contributed by atoms with Crippen molar-refractivity contribution in [1.29, 1.82) is 0 Å². The van der Waals surface area contributed by atoms with Gasteiger partial charge in [-0.05, 0) is 29.8 Å². The second kappa shape index (κ2) is 7.51. The molecule has 0 bridgehead atoms. The van der Waals surface area contributed by atoms with Crippen LogP contribution in [-0.4, -0.2) is 6.04 Å². The lowest BCUT2D eigenvalue weighted by atomic mass is 10.2. The third-order valence-corrected chi connectivity index (χ3v) is 4.86. The Balaban J connectivity index is 2.25. The lowest BCUT2D eigenvalue weighted by Crippen LogP contribution is -2.22. The molecule has 2 aromatic rings. The fourth-order valence-corrected chi connectivity index (χ4v) is 3.64. The van der Waals surface area contributed by atoms with E-state index in [4.69, 9.17) is 11.6 Å². The largest absolute Gasteiger partial charge is 0.310 e. The van der Waals surface area contributed by atoms with Gasteiger partial charge in [-0.15, -0.1) is 0 Å². The lowest BCUT2D eigenvalue weighted by molar-refractivity contribution is 0.585. The minimum absolute atomic E-state index is 0.456. The molecule has 0 fully saturated rings. The molecule has 1 nitrogen and oxygen atoms in total. The first-order valence-electron chi connectivity index (χ1n) is 6.50. The first-order chi connectivity index (χ1) is 9.56. The molecule has 2 rings (SSSR count). The van der Waals surface area contributed by atoms with Crippen LogP contribution in [0.5, 0.6) is 0 Å². The lowest BCUT2D eigenvalue weighted by Gasteiger charge is -2.14. The minimum atomic E-state index is 0.456. The third kappa shape index (κ3) is 4.52. The van der Waals surface area contributed by atoms with Gasteiger partial charge in [-0.2, -0.15) is 0 Å². The first-order valence-corrected chi connectivity index (χ1v) is 8.49. The molecule has 0 aliphatic heterocycles. The first kappa shape index (κ1) is 15.9. The van der Waals surface area contributed by atoms with Gasteiger partial charge >= 0.3 is 0 Å². The summed E-state index contributed by atoms with van der Waals surface area (Å²) < 4.78 is 1.08. The highest BCUT2D eigenvalue weighted by Crippen LogP contribution is 2.36. The molecule has 0 aromatic heterocycles. The molecule has 0 radical (unpaired) electrons. The minimum Gasteiger partial charge on any atom is -0.310 e. The van der Waals surface area contributed by atoms with E-state index in [-0.39, 0.29) is 0 Å². The van der Waals surface area contributed by atoms with Crippen LogP contribution in [0.25, 0.3) is 0 Å². The summed E-state index contributed by atoms with van der Waals surface area (Å²) in [6.07, 6.45) is 0. The van der Waals surface area contributed by atoms with Crippen LogP contribution >= 0.6 is 39.3 Å². The zero-order valence-electron chi connectivity index (χ0n) is 11.5. The van der Waals surface area contributed by atoms with Gasteiger partial charge in [0.2, 0.25) is 0 Å². The summed E-state index contributed by atoms with van der Waals surface area (Å²) in [6.45, 7) is 5.12. The van der Waals surface area contributed by atoms with Crippen molar-refractivity contribution in [2.75, 3.05) is 0 Å². The van der Waals surface area contributed by atoms with E-state index in [2.05, 4.69) is 53.3 Å². The van der Waals surface area contributed by atoms with E-state index < -0.39 is 0 Å². The number of nitrogens with one attached hydrogen (secondary N) is 1. The van der Waals surface area contributed by atoms with Crippen LogP contribution in [-0.2, 0) is 6.54 Å². The SMILES string of the molecule is CC(C)NCc1cccc(Cl)c1Sc1cccc(Br)c1. The summed E-state index contributed by atoms with van der Waals surface area (Å²) >= 11 is 11.6. The summed E-state index contributed by atoms with van der Waals surface area (Å²) in [4.78, 5) is 2.30. The summed E-state index contributed by atoms with van der Waals surface area (Å²) in [7, 11) is 0. The van der Waals surface area contributed by atoms with Gasteiger partial charge in [0.05, 0.1) is 5.02 Å². The van der Waals surface area contributed by atoms with Crippen LogP contribution in [0.4, 0.5) is 0 Å². The molecule has 0 heterocycles. The molecule has 0 saturated heterocycles. The number of rotatable bonds is 5. The fraction of sp³-hybridized carbons (Fsp3) is 0.250. The summed E-state index contributed by atoms with van der Waals surface area (Å²) in [5, 5.41) is 4.25. The van der Waals surface area contributed by atoms with Crippen molar-refractivity contribution in [2.45, 2.75) is 36.2 Å². The molecular formula is C16H17BrClNS. The third-order valence-electron chi connectivity index (χ3n) is 2.77. The molecule has 106 valence electrons. The second-order valence-electron chi connectivity index (χ2n) is 4.82. The molecule has 0 aliphatic rings. The van der Waals surface area contributed by atoms with Crippen molar-refractivity contribution in [2.24, 2.45) is 0 Å². The molecule has 0 spiro atoms. The van der Waals surface area contributed by atoms with Crippen molar-refractivity contribution < 1.29 is 0 Å². The molecular weight excluding hydrogens is 354 g/mol. The van der Waals surface area contributed by atoms with Gasteiger partial charge in [-0.3, -0.25) is 0 Å². The smallest absolute Gasteiger partial charge is 0.0548 e. The predicted octanol–water partition coefficient (Wildman–Crippen LogP) is 5.75. The van der Waals surface area contributed by atoms with Crippen LogP contribution in [0, 0.1) is 0 Å². The Morgan fingerprint density at radius 2 is 1.95 bits per heavy atom. The normalized spacial score (nSPS) is 11.1. The van der Waals surface area contributed by atoms with Crippen molar-refractivity contribution in [3.05, 3.63) is 57.5 Å². The van der Waals surface area contributed by atoms with E-state index >= 15 is 0 Å². The van der Waals surface area contributed by atoms with Crippen LogP contribution in [0.1, 0.15) is 19.4 Å². The topological polar surface area (TPSA) is 12.0 Å². The van der Waals surface area contributed by atoms with Gasteiger partial charge in [-0.25, -0.2) is 0 Å². The summed E-state index contributed by atoms with van der Waals surface area (Å²) in [5.74, 6) is 0. The number of hydrogen-bond acceptors (Lipinski definition) is 2. The van der Waals surface area contributed by atoms with Crippen molar-refractivity contribution in [3.8, 4) is 0 Å². The van der Waals surface area contributed by atoms with Crippen LogP contribution in [0.2, 0.25) is 5.02 Å². The quantitative estimate of drug-likeness (QED) is 0.719. The molecule has 0 saturated carbocycles. The highest BCUT2D eigenvalue weighted by atomic mass is 79.9. The van der Waals surface area contributed by atoms with E-state index in [1.807, 2.05) is 24.3 Å².